The fourth-order valence-corrected chi connectivity index (χ4v) is 3.88. The van der Waals surface area contributed by atoms with Crippen molar-refractivity contribution in [2.45, 2.75) is 26.4 Å². The first kappa shape index (κ1) is 16.5. The maximum absolute atomic E-state index is 5.31. The molecule has 0 fully saturated rings. The van der Waals surface area contributed by atoms with Gasteiger partial charge in [-0.25, -0.2) is 0 Å². The third kappa shape index (κ3) is 4.08. The highest BCUT2D eigenvalue weighted by Crippen LogP contribution is 2.34. The minimum atomic E-state index is 0.791. The molecule has 2 aromatic rings. The Labute approximate surface area is 142 Å². The topological polar surface area (TPSA) is 39.1 Å². The molecule has 0 saturated carbocycles. The summed E-state index contributed by atoms with van der Waals surface area (Å²) >= 11 is 7.05. The van der Waals surface area contributed by atoms with Gasteiger partial charge in [-0.15, -0.1) is 0 Å². The van der Waals surface area contributed by atoms with Crippen LogP contribution in [0.15, 0.2) is 27.3 Å². The van der Waals surface area contributed by atoms with Gasteiger partial charge in [0.05, 0.1) is 21.7 Å². The molecule has 0 aliphatic rings. The number of rotatable bonds is 6. The molecule has 6 heteroatoms. The summed E-state index contributed by atoms with van der Waals surface area (Å²) in [6.07, 6.45) is 3.03. The zero-order valence-corrected chi connectivity index (χ0v) is 15.6. The number of aromatic nitrogens is 2. The average molecular weight is 417 g/mol. The lowest BCUT2D eigenvalue weighted by Gasteiger charge is -2.10. The molecule has 0 aliphatic carbocycles. The normalized spacial score (nSPS) is 10.9. The Morgan fingerprint density at radius 2 is 1.90 bits per heavy atom. The van der Waals surface area contributed by atoms with E-state index in [0.717, 1.165) is 39.9 Å². The Hall–Kier alpha value is -0.850. The molecule has 0 unspecified atom stereocenters. The van der Waals surface area contributed by atoms with Gasteiger partial charge in [0, 0.05) is 31.9 Å². The Morgan fingerprint density at radius 3 is 2.48 bits per heavy atom. The van der Waals surface area contributed by atoms with Crippen LogP contribution in [0.3, 0.4) is 0 Å². The Bertz CT molecular complexity index is 602. The van der Waals surface area contributed by atoms with Crippen molar-refractivity contribution in [3.05, 3.63) is 44.1 Å². The van der Waals surface area contributed by atoms with E-state index in [1.165, 1.54) is 11.1 Å². The molecule has 4 nitrogen and oxygen atoms in total. The minimum absolute atomic E-state index is 0.791. The number of halogens is 2. The van der Waals surface area contributed by atoms with Crippen LogP contribution in [0.25, 0.3) is 0 Å². The molecular weight excluding hydrogens is 398 g/mol. The van der Waals surface area contributed by atoms with Crippen molar-refractivity contribution in [3.63, 3.8) is 0 Å². The number of nitrogens with one attached hydrogen (secondary N) is 1. The number of benzene rings is 1. The number of nitrogens with zero attached hydrogens (tertiary/aromatic N) is 2. The number of aryl methyl sites for hydroxylation is 2. The van der Waals surface area contributed by atoms with Crippen LogP contribution in [-0.4, -0.2) is 16.9 Å². The molecule has 21 heavy (non-hydrogen) atoms. The van der Waals surface area contributed by atoms with E-state index in [0.29, 0.717) is 0 Å². The summed E-state index contributed by atoms with van der Waals surface area (Å²) in [7, 11) is 3.62. The molecule has 0 atom stereocenters. The molecule has 2 rings (SSSR count). The zero-order valence-electron chi connectivity index (χ0n) is 12.4. The van der Waals surface area contributed by atoms with Crippen molar-refractivity contribution in [2.75, 3.05) is 7.11 Å². The van der Waals surface area contributed by atoms with Crippen molar-refractivity contribution in [1.82, 2.24) is 15.1 Å². The van der Waals surface area contributed by atoms with Gasteiger partial charge in [-0.2, -0.15) is 5.10 Å². The second-order valence-electron chi connectivity index (χ2n) is 4.82. The Kier molecular flexibility index (Phi) is 5.84. The van der Waals surface area contributed by atoms with Gasteiger partial charge in [-0.3, -0.25) is 4.68 Å². The summed E-state index contributed by atoms with van der Waals surface area (Å²) in [5.41, 5.74) is 3.60. The number of methoxy groups -OCH3 is 1. The molecule has 0 bridgehead atoms. The quantitative estimate of drug-likeness (QED) is 0.778. The van der Waals surface area contributed by atoms with Crippen molar-refractivity contribution in [3.8, 4) is 5.75 Å². The lowest BCUT2D eigenvalue weighted by Crippen LogP contribution is -2.13. The number of hydrogen-bond acceptors (Lipinski definition) is 3. The highest BCUT2D eigenvalue weighted by Gasteiger charge is 2.09. The molecule has 1 aromatic carbocycles. The van der Waals surface area contributed by atoms with E-state index in [1.807, 2.05) is 11.7 Å². The second kappa shape index (κ2) is 7.42. The van der Waals surface area contributed by atoms with Crippen LogP contribution in [0.1, 0.15) is 23.7 Å². The van der Waals surface area contributed by atoms with Crippen LogP contribution in [0.5, 0.6) is 5.75 Å². The maximum Gasteiger partial charge on any atom is 0.147 e. The summed E-state index contributed by atoms with van der Waals surface area (Å²) in [6.45, 7) is 3.74. The first-order valence-electron chi connectivity index (χ1n) is 6.79. The molecule has 1 heterocycles. The van der Waals surface area contributed by atoms with Gasteiger partial charge in [-0.1, -0.05) is 6.92 Å². The Morgan fingerprint density at radius 1 is 1.24 bits per heavy atom. The van der Waals surface area contributed by atoms with Crippen LogP contribution in [-0.2, 0) is 26.6 Å². The van der Waals surface area contributed by atoms with Gasteiger partial charge in [0.2, 0.25) is 0 Å². The monoisotopic (exact) mass is 415 g/mol. The van der Waals surface area contributed by atoms with Gasteiger partial charge in [0.1, 0.15) is 5.75 Å². The highest BCUT2D eigenvalue weighted by atomic mass is 79.9. The second-order valence-corrected chi connectivity index (χ2v) is 6.53. The van der Waals surface area contributed by atoms with E-state index < -0.39 is 0 Å². The zero-order chi connectivity index (χ0) is 15.4. The fraction of sp³-hybridized carbons (Fsp3) is 0.400. The molecular formula is C15H19Br2N3O. The van der Waals surface area contributed by atoms with E-state index in [4.69, 9.17) is 4.74 Å². The maximum atomic E-state index is 5.31. The van der Waals surface area contributed by atoms with Crippen molar-refractivity contribution in [1.29, 1.82) is 0 Å². The largest absolute Gasteiger partial charge is 0.494 e. The predicted molar refractivity (Wildman–Crippen MR) is 91.5 cm³/mol. The minimum Gasteiger partial charge on any atom is -0.494 e. The lowest BCUT2D eigenvalue weighted by molar-refractivity contribution is 0.409. The average Bonchev–Trinajstić information content (AvgIpc) is 2.79. The van der Waals surface area contributed by atoms with E-state index in [-0.39, 0.29) is 0 Å². The summed E-state index contributed by atoms with van der Waals surface area (Å²) < 4.78 is 9.09. The highest BCUT2D eigenvalue weighted by molar-refractivity contribution is 9.11. The van der Waals surface area contributed by atoms with Crippen LogP contribution in [0.4, 0.5) is 0 Å². The molecule has 114 valence electrons. The SMILES string of the molecule is CCc1nn(C)cc1CNCc1cc(Br)c(OC)c(Br)c1. The summed E-state index contributed by atoms with van der Waals surface area (Å²) in [6, 6.07) is 4.14. The van der Waals surface area contributed by atoms with E-state index in [2.05, 4.69) is 67.5 Å². The molecule has 0 radical (unpaired) electrons. The number of hydrogen-bond donors (Lipinski definition) is 1. The van der Waals surface area contributed by atoms with Gasteiger partial charge in [-0.05, 0) is 56.0 Å². The molecule has 1 N–H and O–H groups in total. The predicted octanol–water partition coefficient (Wildman–Crippen LogP) is 3.81. The standard InChI is InChI=1S/C15H19Br2N3O/c1-4-14-11(9-20(2)19-14)8-18-7-10-5-12(16)15(21-3)13(17)6-10/h5-6,9,18H,4,7-8H2,1-3H3. The summed E-state index contributed by atoms with van der Waals surface area (Å²) in [4.78, 5) is 0. The van der Waals surface area contributed by atoms with E-state index in [1.54, 1.807) is 7.11 Å². The van der Waals surface area contributed by atoms with Crippen molar-refractivity contribution < 1.29 is 4.74 Å². The Balaban J connectivity index is 2.00. The fourth-order valence-electron chi connectivity index (χ4n) is 2.28. The molecule has 0 saturated heterocycles. The summed E-state index contributed by atoms with van der Waals surface area (Å²) in [5.74, 6) is 0.819. The van der Waals surface area contributed by atoms with Crippen LogP contribution in [0.2, 0.25) is 0 Å². The first-order valence-corrected chi connectivity index (χ1v) is 8.37. The van der Waals surface area contributed by atoms with Gasteiger partial charge in [0.25, 0.3) is 0 Å². The van der Waals surface area contributed by atoms with Gasteiger partial charge >= 0.3 is 0 Å². The smallest absolute Gasteiger partial charge is 0.147 e. The van der Waals surface area contributed by atoms with E-state index in [9.17, 15) is 0 Å². The number of ether oxygens (including phenoxy) is 1. The van der Waals surface area contributed by atoms with Crippen LogP contribution in [0, 0.1) is 0 Å². The molecule has 0 amide bonds. The lowest BCUT2D eigenvalue weighted by atomic mass is 10.2. The van der Waals surface area contributed by atoms with Crippen LogP contribution < -0.4 is 10.1 Å². The first-order chi connectivity index (χ1) is 10.0. The molecule has 0 spiro atoms. The molecule has 0 aliphatic heterocycles. The summed E-state index contributed by atoms with van der Waals surface area (Å²) in [5, 5.41) is 7.91. The third-order valence-electron chi connectivity index (χ3n) is 3.23. The van der Waals surface area contributed by atoms with Crippen LogP contribution >= 0.6 is 31.9 Å². The van der Waals surface area contributed by atoms with E-state index >= 15 is 0 Å². The third-order valence-corrected chi connectivity index (χ3v) is 4.41. The van der Waals surface area contributed by atoms with Crippen molar-refractivity contribution >= 4 is 31.9 Å². The van der Waals surface area contributed by atoms with Crippen molar-refractivity contribution in [2.24, 2.45) is 7.05 Å². The molecule has 1 aromatic heterocycles. The van der Waals surface area contributed by atoms with Gasteiger partial charge < -0.3 is 10.1 Å². The van der Waals surface area contributed by atoms with Gasteiger partial charge in [0.15, 0.2) is 0 Å².